The predicted molar refractivity (Wildman–Crippen MR) is 93.9 cm³/mol. The first-order valence-electron chi connectivity index (χ1n) is 9.36. The van der Waals surface area contributed by atoms with Crippen molar-refractivity contribution in [1.82, 2.24) is 10.2 Å². The van der Waals surface area contributed by atoms with Crippen LogP contribution in [0.5, 0.6) is 0 Å². The monoisotopic (exact) mass is 300 g/mol. The maximum Gasteiger partial charge on any atom is 0.0233 e. The predicted octanol–water partition coefficient (Wildman–Crippen LogP) is 4.21. The summed E-state index contributed by atoms with van der Waals surface area (Å²) >= 11 is 0. The minimum atomic E-state index is 0.759. The van der Waals surface area contributed by atoms with Crippen LogP contribution in [0.15, 0.2) is 30.3 Å². The number of hydrogen-bond donors (Lipinski definition) is 1. The average molecular weight is 300 g/mol. The van der Waals surface area contributed by atoms with E-state index in [1.54, 1.807) is 0 Å². The van der Waals surface area contributed by atoms with Crippen molar-refractivity contribution in [2.45, 2.75) is 70.5 Å². The summed E-state index contributed by atoms with van der Waals surface area (Å²) in [5.41, 5.74) is 1.45. The molecule has 0 aromatic heterocycles. The van der Waals surface area contributed by atoms with E-state index >= 15 is 0 Å². The molecule has 1 aromatic rings. The van der Waals surface area contributed by atoms with Gasteiger partial charge in [0, 0.05) is 18.6 Å². The van der Waals surface area contributed by atoms with Gasteiger partial charge in [-0.1, -0.05) is 43.7 Å². The van der Waals surface area contributed by atoms with Crippen LogP contribution in [-0.2, 0) is 6.54 Å². The lowest BCUT2D eigenvalue weighted by atomic mass is 9.84. The Balaban J connectivity index is 1.37. The summed E-state index contributed by atoms with van der Waals surface area (Å²) in [6, 6.07) is 12.5. The maximum absolute atomic E-state index is 3.96. The highest BCUT2D eigenvalue weighted by molar-refractivity contribution is 5.14. The molecule has 0 unspecified atom stereocenters. The van der Waals surface area contributed by atoms with Crippen LogP contribution in [-0.4, -0.2) is 30.1 Å². The molecule has 1 aliphatic carbocycles. The van der Waals surface area contributed by atoms with Crippen molar-refractivity contribution in [3.05, 3.63) is 35.9 Å². The maximum atomic E-state index is 3.96. The van der Waals surface area contributed by atoms with E-state index in [0.29, 0.717) is 0 Å². The Bertz CT molecular complexity index is 415. The molecule has 1 aliphatic heterocycles. The Hall–Kier alpha value is -0.860. The first-order valence-corrected chi connectivity index (χ1v) is 9.36. The summed E-state index contributed by atoms with van der Waals surface area (Å²) in [6.07, 6.45) is 9.72. The molecule has 2 heteroatoms. The number of nitrogens with one attached hydrogen (secondary N) is 1. The van der Waals surface area contributed by atoms with Crippen LogP contribution >= 0.6 is 0 Å². The molecule has 1 saturated heterocycles. The quantitative estimate of drug-likeness (QED) is 0.876. The molecule has 1 heterocycles. The van der Waals surface area contributed by atoms with Gasteiger partial charge in [-0.2, -0.15) is 0 Å². The first kappa shape index (κ1) is 16.0. The normalized spacial score (nSPS) is 27.9. The van der Waals surface area contributed by atoms with Gasteiger partial charge in [-0.05, 0) is 63.1 Å². The van der Waals surface area contributed by atoms with Crippen LogP contribution in [0.4, 0.5) is 0 Å². The van der Waals surface area contributed by atoms with Crippen molar-refractivity contribution in [1.29, 1.82) is 0 Å². The zero-order valence-corrected chi connectivity index (χ0v) is 14.1. The largest absolute Gasteiger partial charge is 0.311 e. The van der Waals surface area contributed by atoms with Gasteiger partial charge in [-0.15, -0.1) is 0 Å². The summed E-state index contributed by atoms with van der Waals surface area (Å²) in [5, 5.41) is 3.96. The molecule has 1 N–H and O–H groups in total. The van der Waals surface area contributed by atoms with Crippen LogP contribution < -0.4 is 5.32 Å². The fraction of sp³-hybridized carbons (Fsp3) is 0.700. The molecular formula is C20H32N2. The van der Waals surface area contributed by atoms with E-state index in [0.717, 1.165) is 24.5 Å². The Morgan fingerprint density at radius 1 is 0.909 bits per heavy atom. The van der Waals surface area contributed by atoms with Crippen LogP contribution in [0.25, 0.3) is 0 Å². The molecule has 0 spiro atoms. The zero-order valence-electron chi connectivity index (χ0n) is 14.1. The van der Waals surface area contributed by atoms with Crippen LogP contribution in [0.2, 0.25) is 0 Å². The summed E-state index contributed by atoms with van der Waals surface area (Å²) in [7, 11) is 0. The third kappa shape index (κ3) is 4.57. The number of likely N-dealkylation sites (tertiary alicyclic amines) is 1. The number of piperidine rings is 1. The third-order valence-corrected chi connectivity index (χ3v) is 5.73. The molecule has 2 fully saturated rings. The average Bonchev–Trinajstić information content (AvgIpc) is 2.58. The fourth-order valence-electron chi connectivity index (χ4n) is 4.17. The highest BCUT2D eigenvalue weighted by Gasteiger charge is 2.24. The van der Waals surface area contributed by atoms with Gasteiger partial charge >= 0.3 is 0 Å². The Morgan fingerprint density at radius 2 is 1.55 bits per heavy atom. The topological polar surface area (TPSA) is 15.3 Å². The van der Waals surface area contributed by atoms with Crippen molar-refractivity contribution in [3.63, 3.8) is 0 Å². The van der Waals surface area contributed by atoms with E-state index in [1.165, 1.54) is 63.6 Å². The second-order valence-corrected chi connectivity index (χ2v) is 7.33. The fourth-order valence-corrected chi connectivity index (χ4v) is 4.17. The molecule has 22 heavy (non-hydrogen) atoms. The summed E-state index contributed by atoms with van der Waals surface area (Å²) in [5.74, 6) is 1.01. The lowest BCUT2D eigenvalue weighted by Crippen LogP contribution is -2.46. The van der Waals surface area contributed by atoms with Crippen molar-refractivity contribution in [2.75, 3.05) is 13.1 Å². The van der Waals surface area contributed by atoms with E-state index in [4.69, 9.17) is 0 Å². The van der Waals surface area contributed by atoms with E-state index in [2.05, 4.69) is 47.5 Å². The Kier molecular flexibility index (Phi) is 5.91. The second kappa shape index (κ2) is 8.12. The highest BCUT2D eigenvalue weighted by atomic mass is 15.1. The number of hydrogen-bond acceptors (Lipinski definition) is 2. The molecule has 1 saturated carbocycles. The van der Waals surface area contributed by atoms with E-state index in [-0.39, 0.29) is 0 Å². The van der Waals surface area contributed by atoms with Gasteiger partial charge in [0.15, 0.2) is 0 Å². The van der Waals surface area contributed by atoms with Crippen molar-refractivity contribution in [2.24, 2.45) is 5.92 Å². The van der Waals surface area contributed by atoms with Crippen LogP contribution in [0, 0.1) is 5.92 Å². The molecule has 2 nitrogen and oxygen atoms in total. The van der Waals surface area contributed by atoms with Gasteiger partial charge in [0.05, 0.1) is 0 Å². The summed E-state index contributed by atoms with van der Waals surface area (Å²) in [4.78, 5) is 2.61. The SMILES string of the molecule is CCC1CCC(NC2CCN(Cc3ccccc3)CC2)CC1. The minimum Gasteiger partial charge on any atom is -0.311 e. The number of benzene rings is 1. The molecule has 0 radical (unpaired) electrons. The van der Waals surface area contributed by atoms with E-state index in [9.17, 15) is 0 Å². The van der Waals surface area contributed by atoms with Crippen LogP contribution in [0.1, 0.15) is 57.4 Å². The highest BCUT2D eigenvalue weighted by Crippen LogP contribution is 2.27. The molecule has 1 aromatic carbocycles. The van der Waals surface area contributed by atoms with Crippen LogP contribution in [0.3, 0.4) is 0 Å². The molecular weight excluding hydrogens is 268 g/mol. The third-order valence-electron chi connectivity index (χ3n) is 5.73. The molecule has 0 bridgehead atoms. The second-order valence-electron chi connectivity index (χ2n) is 7.33. The summed E-state index contributed by atoms with van der Waals surface area (Å²) < 4.78 is 0. The molecule has 0 amide bonds. The lowest BCUT2D eigenvalue weighted by Gasteiger charge is -2.36. The standard InChI is InChI=1S/C20H32N2/c1-2-17-8-10-19(11-9-17)21-20-12-14-22(15-13-20)16-18-6-4-3-5-7-18/h3-7,17,19-21H,2,8-16H2,1H3. The van der Waals surface area contributed by atoms with Crippen molar-refractivity contribution in [3.8, 4) is 0 Å². The number of nitrogens with zero attached hydrogens (tertiary/aromatic N) is 1. The van der Waals surface area contributed by atoms with Crippen molar-refractivity contribution < 1.29 is 0 Å². The van der Waals surface area contributed by atoms with E-state index in [1.807, 2.05) is 0 Å². The van der Waals surface area contributed by atoms with Gasteiger partial charge in [0.2, 0.25) is 0 Å². The summed E-state index contributed by atoms with van der Waals surface area (Å²) in [6.45, 7) is 5.96. The molecule has 3 rings (SSSR count). The van der Waals surface area contributed by atoms with Gasteiger partial charge in [-0.3, -0.25) is 4.90 Å². The molecule has 122 valence electrons. The van der Waals surface area contributed by atoms with Gasteiger partial charge in [0.1, 0.15) is 0 Å². The van der Waals surface area contributed by atoms with Gasteiger partial charge in [-0.25, -0.2) is 0 Å². The minimum absolute atomic E-state index is 0.759. The van der Waals surface area contributed by atoms with Crippen molar-refractivity contribution >= 4 is 0 Å². The molecule has 0 atom stereocenters. The van der Waals surface area contributed by atoms with Gasteiger partial charge in [0.25, 0.3) is 0 Å². The molecule has 2 aliphatic rings. The zero-order chi connectivity index (χ0) is 15.2. The smallest absolute Gasteiger partial charge is 0.0233 e. The number of rotatable bonds is 5. The van der Waals surface area contributed by atoms with Gasteiger partial charge < -0.3 is 5.32 Å². The Labute approximate surface area is 136 Å². The van der Waals surface area contributed by atoms with E-state index < -0.39 is 0 Å². The first-order chi connectivity index (χ1) is 10.8. The lowest BCUT2D eigenvalue weighted by molar-refractivity contribution is 0.172. The Morgan fingerprint density at radius 3 is 2.18 bits per heavy atom.